The molecule has 7 nitrogen and oxygen atoms in total. The van der Waals surface area contributed by atoms with E-state index in [0.29, 0.717) is 24.7 Å². The Morgan fingerprint density at radius 2 is 2.00 bits per heavy atom. The quantitative estimate of drug-likeness (QED) is 0.655. The zero-order chi connectivity index (χ0) is 19.8. The smallest absolute Gasteiger partial charge is 0.280 e. The van der Waals surface area contributed by atoms with Crippen LogP contribution in [-0.4, -0.2) is 68.1 Å². The van der Waals surface area contributed by atoms with Crippen LogP contribution in [0.2, 0.25) is 0 Å². The standard InChI is InChI=1S/C20H26N4O3S/c1-27-13-5-8-16-18(15-6-3-2-4-7-15)23-20(28-16)19(26)22-14-17(25)24-11-9-21-10-12-24/h2-4,6-7,21H,5,8-14H2,1H3,(H,22,26). The molecule has 1 aliphatic rings. The van der Waals surface area contributed by atoms with Gasteiger partial charge in [-0.25, -0.2) is 4.98 Å². The molecule has 1 aromatic heterocycles. The zero-order valence-corrected chi connectivity index (χ0v) is 16.9. The number of benzene rings is 1. The highest BCUT2D eigenvalue weighted by Gasteiger charge is 2.20. The van der Waals surface area contributed by atoms with E-state index >= 15 is 0 Å². The molecule has 1 aliphatic heterocycles. The summed E-state index contributed by atoms with van der Waals surface area (Å²) in [7, 11) is 1.68. The Morgan fingerprint density at radius 1 is 1.25 bits per heavy atom. The second-order valence-electron chi connectivity index (χ2n) is 6.57. The third kappa shape index (κ3) is 5.37. The summed E-state index contributed by atoms with van der Waals surface area (Å²) in [5.74, 6) is -0.362. The number of carbonyl (C=O) groups excluding carboxylic acids is 2. The lowest BCUT2D eigenvalue weighted by molar-refractivity contribution is -0.130. The first-order valence-corrected chi connectivity index (χ1v) is 10.3. The molecule has 1 fully saturated rings. The molecule has 0 unspecified atom stereocenters. The van der Waals surface area contributed by atoms with Crippen molar-refractivity contribution in [2.75, 3.05) is 46.4 Å². The molecule has 8 heteroatoms. The molecule has 0 saturated carbocycles. The van der Waals surface area contributed by atoms with E-state index in [1.54, 1.807) is 12.0 Å². The SMILES string of the molecule is COCCCc1sc(C(=O)NCC(=O)N2CCNCC2)nc1-c1ccccc1. The topological polar surface area (TPSA) is 83.6 Å². The van der Waals surface area contributed by atoms with E-state index < -0.39 is 0 Å². The maximum Gasteiger partial charge on any atom is 0.280 e. The van der Waals surface area contributed by atoms with Crippen LogP contribution in [0.3, 0.4) is 0 Å². The Kier molecular flexibility index (Phi) is 7.53. The van der Waals surface area contributed by atoms with Gasteiger partial charge in [-0.1, -0.05) is 30.3 Å². The number of carbonyl (C=O) groups is 2. The van der Waals surface area contributed by atoms with Crippen LogP contribution < -0.4 is 10.6 Å². The van der Waals surface area contributed by atoms with Crippen LogP contribution >= 0.6 is 11.3 Å². The minimum Gasteiger partial charge on any atom is -0.385 e. The largest absolute Gasteiger partial charge is 0.385 e. The Bertz CT molecular complexity index is 788. The summed E-state index contributed by atoms with van der Waals surface area (Å²) in [6.45, 7) is 3.58. The summed E-state index contributed by atoms with van der Waals surface area (Å²) < 4.78 is 5.14. The van der Waals surface area contributed by atoms with Crippen molar-refractivity contribution in [3.8, 4) is 11.3 Å². The maximum atomic E-state index is 12.6. The van der Waals surface area contributed by atoms with Gasteiger partial charge in [-0.3, -0.25) is 9.59 Å². The van der Waals surface area contributed by atoms with Gasteiger partial charge in [0, 0.05) is 50.3 Å². The molecule has 0 aliphatic carbocycles. The molecule has 3 rings (SSSR count). The van der Waals surface area contributed by atoms with Crippen LogP contribution in [0.15, 0.2) is 30.3 Å². The van der Waals surface area contributed by atoms with Crippen LogP contribution in [0.1, 0.15) is 21.1 Å². The first kappa shape index (κ1) is 20.4. The van der Waals surface area contributed by atoms with Gasteiger partial charge >= 0.3 is 0 Å². The average Bonchev–Trinajstić information content (AvgIpc) is 3.17. The fraction of sp³-hybridized carbons (Fsp3) is 0.450. The third-order valence-electron chi connectivity index (χ3n) is 4.56. The van der Waals surface area contributed by atoms with Crippen LogP contribution in [0.4, 0.5) is 0 Å². The van der Waals surface area contributed by atoms with Crippen molar-refractivity contribution in [2.45, 2.75) is 12.8 Å². The van der Waals surface area contributed by atoms with Gasteiger partial charge in [0.2, 0.25) is 5.91 Å². The lowest BCUT2D eigenvalue weighted by atomic mass is 10.1. The van der Waals surface area contributed by atoms with Crippen molar-refractivity contribution >= 4 is 23.2 Å². The second-order valence-corrected chi connectivity index (χ2v) is 7.65. The van der Waals surface area contributed by atoms with E-state index in [1.165, 1.54) is 11.3 Å². The Labute approximate surface area is 169 Å². The molecule has 0 bridgehead atoms. The summed E-state index contributed by atoms with van der Waals surface area (Å²) in [5.41, 5.74) is 1.82. The van der Waals surface area contributed by atoms with Gasteiger partial charge in [0.25, 0.3) is 5.91 Å². The number of aromatic nitrogens is 1. The normalized spacial score (nSPS) is 14.1. The van der Waals surface area contributed by atoms with Crippen molar-refractivity contribution in [1.29, 1.82) is 0 Å². The molecule has 2 N–H and O–H groups in total. The van der Waals surface area contributed by atoms with Gasteiger partial charge < -0.3 is 20.3 Å². The van der Waals surface area contributed by atoms with Gasteiger partial charge in [-0.05, 0) is 12.8 Å². The number of thiazole rings is 1. The Balaban J connectivity index is 1.68. The number of rotatable bonds is 8. The van der Waals surface area contributed by atoms with Crippen molar-refractivity contribution in [3.05, 3.63) is 40.2 Å². The fourth-order valence-electron chi connectivity index (χ4n) is 3.07. The number of hydrogen-bond donors (Lipinski definition) is 2. The highest BCUT2D eigenvalue weighted by atomic mass is 32.1. The predicted molar refractivity (Wildman–Crippen MR) is 110 cm³/mol. The predicted octanol–water partition coefficient (Wildman–Crippen LogP) is 1.55. The number of piperazine rings is 1. The van der Waals surface area contributed by atoms with Gasteiger partial charge in [0.05, 0.1) is 12.2 Å². The molecule has 28 heavy (non-hydrogen) atoms. The second kappa shape index (κ2) is 10.3. The van der Waals surface area contributed by atoms with Crippen molar-refractivity contribution in [3.63, 3.8) is 0 Å². The lowest BCUT2D eigenvalue weighted by Crippen LogP contribution is -2.49. The zero-order valence-electron chi connectivity index (χ0n) is 16.1. The molecule has 2 amide bonds. The third-order valence-corrected chi connectivity index (χ3v) is 5.67. The number of methoxy groups -OCH3 is 1. The maximum absolute atomic E-state index is 12.6. The number of nitrogens with zero attached hydrogens (tertiary/aromatic N) is 2. The molecule has 0 radical (unpaired) electrons. The molecule has 2 heterocycles. The highest BCUT2D eigenvalue weighted by Crippen LogP contribution is 2.29. The first-order valence-electron chi connectivity index (χ1n) is 9.50. The molecular formula is C20H26N4O3S. The van der Waals surface area contributed by atoms with Gasteiger partial charge in [-0.15, -0.1) is 11.3 Å². The molecule has 1 aromatic carbocycles. The summed E-state index contributed by atoms with van der Waals surface area (Å²) >= 11 is 1.39. The number of hydrogen-bond acceptors (Lipinski definition) is 6. The van der Waals surface area contributed by atoms with E-state index in [4.69, 9.17) is 4.74 Å². The lowest BCUT2D eigenvalue weighted by Gasteiger charge is -2.27. The Hall–Kier alpha value is -2.29. The molecule has 0 spiro atoms. The van der Waals surface area contributed by atoms with E-state index in [0.717, 1.165) is 42.1 Å². The Morgan fingerprint density at radius 3 is 2.71 bits per heavy atom. The molecule has 2 aromatic rings. The number of aryl methyl sites for hydroxylation is 1. The van der Waals surface area contributed by atoms with E-state index in [-0.39, 0.29) is 18.4 Å². The monoisotopic (exact) mass is 402 g/mol. The van der Waals surface area contributed by atoms with Crippen molar-refractivity contribution < 1.29 is 14.3 Å². The molecule has 0 atom stereocenters. The summed E-state index contributed by atoms with van der Waals surface area (Å²) in [6.07, 6.45) is 1.66. The number of nitrogens with one attached hydrogen (secondary N) is 2. The van der Waals surface area contributed by atoms with E-state index in [1.807, 2.05) is 30.3 Å². The minimum absolute atomic E-state index is 0.00189. The van der Waals surface area contributed by atoms with Crippen molar-refractivity contribution in [2.24, 2.45) is 0 Å². The van der Waals surface area contributed by atoms with Crippen LogP contribution in [0.5, 0.6) is 0 Å². The van der Waals surface area contributed by atoms with E-state index in [9.17, 15) is 9.59 Å². The molecule has 150 valence electrons. The minimum atomic E-state index is -0.302. The van der Waals surface area contributed by atoms with Gasteiger partial charge in [0.15, 0.2) is 5.01 Å². The van der Waals surface area contributed by atoms with Crippen molar-refractivity contribution in [1.82, 2.24) is 20.5 Å². The number of amides is 2. The van der Waals surface area contributed by atoms with Crippen LogP contribution in [-0.2, 0) is 16.0 Å². The summed E-state index contributed by atoms with van der Waals surface area (Å²) in [5, 5.41) is 6.32. The van der Waals surface area contributed by atoms with Crippen LogP contribution in [0.25, 0.3) is 11.3 Å². The molecule has 1 saturated heterocycles. The van der Waals surface area contributed by atoms with Gasteiger partial charge in [0.1, 0.15) is 0 Å². The average molecular weight is 403 g/mol. The summed E-state index contributed by atoms with van der Waals surface area (Å²) in [6, 6.07) is 9.85. The first-order chi connectivity index (χ1) is 13.7. The highest BCUT2D eigenvalue weighted by molar-refractivity contribution is 7.14. The van der Waals surface area contributed by atoms with Crippen LogP contribution in [0, 0.1) is 0 Å². The fourth-order valence-corrected chi connectivity index (χ4v) is 4.12. The number of ether oxygens (including phenoxy) is 1. The van der Waals surface area contributed by atoms with Gasteiger partial charge in [-0.2, -0.15) is 0 Å². The summed E-state index contributed by atoms with van der Waals surface area (Å²) in [4.78, 5) is 32.2. The van der Waals surface area contributed by atoms with E-state index in [2.05, 4.69) is 15.6 Å². The molecular weight excluding hydrogens is 376 g/mol.